The first kappa shape index (κ1) is 20.5. The van der Waals surface area contributed by atoms with Crippen LogP contribution >= 0.6 is 0 Å². The Morgan fingerprint density at radius 1 is 0.893 bits per heavy atom. The second-order valence-electron chi connectivity index (χ2n) is 7.12. The minimum atomic E-state index is -3.54. The van der Waals surface area contributed by atoms with Gasteiger partial charge in [-0.2, -0.15) is 4.31 Å². The molecule has 1 aliphatic rings. The Balaban J connectivity index is 1.79. The number of methoxy groups -OCH3 is 2. The Hall–Kier alpha value is -2.25. The second kappa shape index (κ2) is 8.41. The first-order chi connectivity index (χ1) is 13.4. The number of anilines is 1. The van der Waals surface area contributed by atoms with Crippen molar-refractivity contribution in [3.63, 3.8) is 0 Å². The van der Waals surface area contributed by atoms with Crippen LogP contribution in [0.4, 0.5) is 5.69 Å². The van der Waals surface area contributed by atoms with Crippen molar-refractivity contribution in [1.29, 1.82) is 0 Å². The molecule has 28 heavy (non-hydrogen) atoms. The Labute approximate surface area is 167 Å². The second-order valence-corrected chi connectivity index (χ2v) is 9.06. The predicted octanol–water partition coefficient (Wildman–Crippen LogP) is 3.34. The summed E-state index contributed by atoms with van der Waals surface area (Å²) in [7, 11) is -0.292. The van der Waals surface area contributed by atoms with Crippen molar-refractivity contribution in [1.82, 2.24) is 4.31 Å². The quantitative estimate of drug-likeness (QED) is 0.739. The summed E-state index contributed by atoms with van der Waals surface area (Å²) in [4.78, 5) is 2.49. The van der Waals surface area contributed by atoms with E-state index in [1.54, 1.807) is 36.7 Å². The van der Waals surface area contributed by atoms with E-state index in [9.17, 15) is 8.42 Å². The molecular formula is C21H28N2O4S. The van der Waals surface area contributed by atoms with Gasteiger partial charge in [0.15, 0.2) is 0 Å². The number of para-hydroxylation sites is 2. The lowest BCUT2D eigenvalue weighted by molar-refractivity contribution is 0.378. The van der Waals surface area contributed by atoms with Crippen LogP contribution in [0.1, 0.15) is 25.3 Å². The van der Waals surface area contributed by atoms with Gasteiger partial charge in [0.1, 0.15) is 11.5 Å². The molecule has 3 rings (SSSR count). The van der Waals surface area contributed by atoms with Crippen molar-refractivity contribution in [2.24, 2.45) is 0 Å². The van der Waals surface area contributed by atoms with E-state index in [0.29, 0.717) is 31.1 Å². The fourth-order valence-corrected chi connectivity index (χ4v) is 4.99. The van der Waals surface area contributed by atoms with E-state index in [1.807, 2.05) is 38.1 Å². The molecule has 1 heterocycles. The fourth-order valence-electron chi connectivity index (χ4n) is 3.53. The third kappa shape index (κ3) is 3.95. The maximum absolute atomic E-state index is 13.2. The largest absolute Gasteiger partial charge is 0.496 e. The molecule has 1 fully saturated rings. The summed E-state index contributed by atoms with van der Waals surface area (Å²) < 4.78 is 38.7. The Kier molecular flexibility index (Phi) is 6.15. The Bertz CT molecular complexity index is 920. The maximum Gasteiger partial charge on any atom is 0.243 e. The van der Waals surface area contributed by atoms with Gasteiger partial charge in [-0.25, -0.2) is 8.42 Å². The number of hydrogen-bond acceptors (Lipinski definition) is 5. The summed E-state index contributed by atoms with van der Waals surface area (Å²) in [5.74, 6) is 1.69. The average Bonchev–Trinajstić information content (AvgIpc) is 2.73. The van der Waals surface area contributed by atoms with E-state index in [-0.39, 0.29) is 5.92 Å². The summed E-state index contributed by atoms with van der Waals surface area (Å²) in [5, 5.41) is 0. The van der Waals surface area contributed by atoms with Gasteiger partial charge in [0.25, 0.3) is 0 Å². The number of ether oxygens (including phenoxy) is 2. The predicted molar refractivity (Wildman–Crippen MR) is 111 cm³/mol. The number of piperazine rings is 1. The molecule has 0 aromatic heterocycles. The summed E-state index contributed by atoms with van der Waals surface area (Å²) in [5.41, 5.74) is 1.89. The molecule has 0 spiro atoms. The monoisotopic (exact) mass is 404 g/mol. The fraction of sp³-hybridized carbons (Fsp3) is 0.429. The van der Waals surface area contributed by atoms with Crippen LogP contribution in [-0.4, -0.2) is 53.1 Å². The molecular weight excluding hydrogens is 376 g/mol. The molecule has 0 amide bonds. The van der Waals surface area contributed by atoms with Gasteiger partial charge < -0.3 is 14.4 Å². The summed E-state index contributed by atoms with van der Waals surface area (Å²) in [6.07, 6.45) is 0. The van der Waals surface area contributed by atoms with E-state index in [4.69, 9.17) is 9.47 Å². The van der Waals surface area contributed by atoms with Gasteiger partial charge in [-0.1, -0.05) is 26.0 Å². The maximum atomic E-state index is 13.2. The van der Waals surface area contributed by atoms with Crippen LogP contribution in [0.3, 0.4) is 0 Å². The molecule has 1 saturated heterocycles. The molecule has 0 saturated carbocycles. The van der Waals surface area contributed by atoms with Crippen LogP contribution in [-0.2, 0) is 10.0 Å². The van der Waals surface area contributed by atoms with E-state index < -0.39 is 10.0 Å². The highest BCUT2D eigenvalue weighted by Gasteiger charge is 2.30. The van der Waals surface area contributed by atoms with E-state index >= 15 is 0 Å². The van der Waals surface area contributed by atoms with Crippen molar-refractivity contribution >= 4 is 15.7 Å². The summed E-state index contributed by atoms with van der Waals surface area (Å²) in [6.45, 7) is 6.16. The average molecular weight is 405 g/mol. The molecule has 2 aromatic rings. The lowest BCUT2D eigenvalue weighted by Gasteiger charge is -2.36. The molecule has 152 valence electrons. The standard InChI is InChI=1S/C21H28N2O4S/c1-16(2)18-15-17(9-10-20(18)26-3)28(24,25)23-13-11-22(12-14-23)19-7-5-6-8-21(19)27-4/h5-10,15-16H,11-14H2,1-4H3. The van der Waals surface area contributed by atoms with Crippen molar-refractivity contribution in [3.05, 3.63) is 48.0 Å². The van der Waals surface area contributed by atoms with Crippen LogP contribution in [0.5, 0.6) is 11.5 Å². The van der Waals surface area contributed by atoms with E-state index in [2.05, 4.69) is 4.90 Å². The number of benzene rings is 2. The van der Waals surface area contributed by atoms with Gasteiger partial charge in [-0.15, -0.1) is 0 Å². The Morgan fingerprint density at radius 3 is 2.14 bits per heavy atom. The topological polar surface area (TPSA) is 59.1 Å². The highest BCUT2D eigenvalue weighted by molar-refractivity contribution is 7.89. The van der Waals surface area contributed by atoms with E-state index in [0.717, 1.165) is 22.7 Å². The number of sulfonamides is 1. The van der Waals surface area contributed by atoms with Crippen molar-refractivity contribution in [3.8, 4) is 11.5 Å². The third-order valence-corrected chi connectivity index (χ3v) is 7.02. The lowest BCUT2D eigenvalue weighted by Crippen LogP contribution is -2.48. The number of hydrogen-bond donors (Lipinski definition) is 0. The van der Waals surface area contributed by atoms with Crippen molar-refractivity contribution in [2.45, 2.75) is 24.7 Å². The summed E-state index contributed by atoms with van der Waals surface area (Å²) in [6, 6.07) is 12.9. The number of rotatable bonds is 6. The van der Waals surface area contributed by atoms with Gasteiger partial charge >= 0.3 is 0 Å². The molecule has 1 aliphatic heterocycles. The molecule has 0 atom stereocenters. The normalized spacial score (nSPS) is 15.7. The van der Waals surface area contributed by atoms with Gasteiger partial charge in [0, 0.05) is 26.2 Å². The zero-order chi connectivity index (χ0) is 20.3. The SMILES string of the molecule is COc1ccc(S(=O)(=O)N2CCN(c3ccccc3OC)CC2)cc1C(C)C. The van der Waals surface area contributed by atoms with Crippen molar-refractivity contribution < 1.29 is 17.9 Å². The molecule has 0 N–H and O–H groups in total. The van der Waals surface area contributed by atoms with Gasteiger partial charge in [0.05, 0.1) is 24.8 Å². The molecule has 0 unspecified atom stereocenters. The van der Waals surface area contributed by atoms with Crippen molar-refractivity contribution in [2.75, 3.05) is 45.3 Å². The minimum absolute atomic E-state index is 0.174. The molecule has 0 aliphatic carbocycles. The highest BCUT2D eigenvalue weighted by Crippen LogP contribution is 2.32. The smallest absolute Gasteiger partial charge is 0.243 e. The first-order valence-corrected chi connectivity index (χ1v) is 10.9. The zero-order valence-electron chi connectivity index (χ0n) is 16.9. The van der Waals surface area contributed by atoms with Crippen LogP contribution in [0.15, 0.2) is 47.4 Å². The zero-order valence-corrected chi connectivity index (χ0v) is 17.7. The Morgan fingerprint density at radius 2 is 1.54 bits per heavy atom. The van der Waals surface area contributed by atoms with Crippen LogP contribution in [0.2, 0.25) is 0 Å². The third-order valence-electron chi connectivity index (χ3n) is 5.13. The molecule has 0 radical (unpaired) electrons. The first-order valence-electron chi connectivity index (χ1n) is 9.44. The molecule has 2 aromatic carbocycles. The molecule has 7 heteroatoms. The van der Waals surface area contributed by atoms with Crippen LogP contribution in [0.25, 0.3) is 0 Å². The molecule has 6 nitrogen and oxygen atoms in total. The summed E-state index contributed by atoms with van der Waals surface area (Å²) >= 11 is 0. The van der Waals surface area contributed by atoms with Crippen LogP contribution in [0, 0.1) is 0 Å². The lowest BCUT2D eigenvalue weighted by atomic mass is 10.0. The van der Waals surface area contributed by atoms with Crippen LogP contribution < -0.4 is 14.4 Å². The van der Waals surface area contributed by atoms with Gasteiger partial charge in [-0.05, 0) is 41.8 Å². The molecule has 0 bridgehead atoms. The van der Waals surface area contributed by atoms with Gasteiger partial charge in [-0.3, -0.25) is 0 Å². The highest BCUT2D eigenvalue weighted by atomic mass is 32.2. The van der Waals surface area contributed by atoms with Gasteiger partial charge in [0.2, 0.25) is 10.0 Å². The minimum Gasteiger partial charge on any atom is -0.496 e. The number of nitrogens with zero attached hydrogens (tertiary/aromatic N) is 2. The van der Waals surface area contributed by atoms with E-state index in [1.165, 1.54) is 0 Å².